The van der Waals surface area contributed by atoms with Crippen molar-refractivity contribution in [2.75, 3.05) is 20.3 Å². The summed E-state index contributed by atoms with van der Waals surface area (Å²) in [5.41, 5.74) is 1.73. The molecule has 0 aliphatic carbocycles. The van der Waals surface area contributed by atoms with Crippen molar-refractivity contribution in [1.82, 2.24) is 0 Å². The number of benzene rings is 1. The van der Waals surface area contributed by atoms with Crippen LogP contribution in [-0.4, -0.2) is 20.3 Å². The van der Waals surface area contributed by atoms with E-state index in [2.05, 4.69) is 26.0 Å². The summed E-state index contributed by atoms with van der Waals surface area (Å²) in [6, 6.07) is 8.36. The van der Waals surface area contributed by atoms with Gasteiger partial charge in [0.25, 0.3) is 0 Å². The van der Waals surface area contributed by atoms with Gasteiger partial charge in [-0.25, -0.2) is 0 Å². The van der Waals surface area contributed by atoms with Gasteiger partial charge in [0.15, 0.2) is 0 Å². The molecule has 17 heavy (non-hydrogen) atoms. The number of ether oxygens (including phenoxy) is 2. The van der Waals surface area contributed by atoms with Crippen molar-refractivity contribution in [2.24, 2.45) is 0 Å². The molecule has 0 saturated carbocycles. The molecule has 2 rings (SSSR count). The Morgan fingerprint density at radius 2 is 2.12 bits per heavy atom. The molecule has 1 saturated heterocycles. The second kappa shape index (κ2) is 4.38. The molecule has 0 aromatic heterocycles. The minimum atomic E-state index is -0.449. The zero-order valence-corrected chi connectivity index (χ0v) is 10.5. The van der Waals surface area contributed by atoms with E-state index in [0.717, 1.165) is 16.9 Å². The highest BCUT2D eigenvalue weighted by Gasteiger charge is 2.41. The fourth-order valence-corrected chi connectivity index (χ4v) is 2.09. The molecule has 0 atom stereocenters. The summed E-state index contributed by atoms with van der Waals surface area (Å²) in [5.74, 6) is 1.26. The summed E-state index contributed by atoms with van der Waals surface area (Å²) in [4.78, 5) is 0. The van der Waals surface area contributed by atoms with Gasteiger partial charge >= 0.3 is 0 Å². The van der Waals surface area contributed by atoms with E-state index in [1.54, 1.807) is 7.11 Å². The van der Waals surface area contributed by atoms with Crippen molar-refractivity contribution in [2.45, 2.75) is 25.2 Å². The first kappa shape index (κ1) is 11.9. The average Bonchev–Trinajstić information content (AvgIpc) is 2.28. The minimum absolute atomic E-state index is 0.377. The van der Waals surface area contributed by atoms with Crippen molar-refractivity contribution < 1.29 is 9.47 Å². The largest absolute Gasteiger partial charge is 0.496 e. The van der Waals surface area contributed by atoms with E-state index in [-0.39, 0.29) is 0 Å². The third-order valence-corrected chi connectivity index (χ3v) is 3.32. The first-order valence-corrected chi connectivity index (χ1v) is 5.80. The summed E-state index contributed by atoms with van der Waals surface area (Å²) in [6.45, 7) is 5.23. The van der Waals surface area contributed by atoms with Crippen LogP contribution >= 0.6 is 0 Å². The lowest BCUT2D eigenvalue weighted by Crippen LogP contribution is -2.45. The van der Waals surface area contributed by atoms with E-state index in [4.69, 9.17) is 9.47 Å². The van der Waals surface area contributed by atoms with Crippen LogP contribution in [0.3, 0.4) is 0 Å². The number of nitriles is 1. The molecule has 1 fully saturated rings. The predicted octanol–water partition coefficient (Wildman–Crippen LogP) is 2.61. The number of hydrogen-bond donors (Lipinski definition) is 0. The molecule has 3 nitrogen and oxygen atoms in total. The fraction of sp³-hybridized carbons (Fsp3) is 0.500. The van der Waals surface area contributed by atoms with Gasteiger partial charge in [-0.2, -0.15) is 5.26 Å². The number of rotatable bonds is 3. The van der Waals surface area contributed by atoms with Gasteiger partial charge < -0.3 is 9.47 Å². The topological polar surface area (TPSA) is 42.2 Å². The summed E-state index contributed by atoms with van der Waals surface area (Å²) >= 11 is 0. The summed E-state index contributed by atoms with van der Waals surface area (Å²) in [6.07, 6.45) is 0. The smallest absolute Gasteiger partial charge is 0.129 e. The van der Waals surface area contributed by atoms with E-state index in [1.807, 2.05) is 12.1 Å². The Labute approximate surface area is 102 Å². The first-order valence-electron chi connectivity index (χ1n) is 5.80. The maximum absolute atomic E-state index is 9.28. The molecule has 1 heterocycles. The summed E-state index contributed by atoms with van der Waals surface area (Å²) in [7, 11) is 1.67. The van der Waals surface area contributed by atoms with Gasteiger partial charge in [-0.3, -0.25) is 0 Å². The van der Waals surface area contributed by atoms with Crippen LogP contribution in [-0.2, 0) is 10.2 Å². The van der Waals surface area contributed by atoms with Crippen molar-refractivity contribution in [3.05, 3.63) is 29.3 Å². The van der Waals surface area contributed by atoms with Gasteiger partial charge in [0.2, 0.25) is 0 Å². The van der Waals surface area contributed by atoms with Crippen LogP contribution in [0.15, 0.2) is 18.2 Å². The Hall–Kier alpha value is -1.53. The third-order valence-electron chi connectivity index (χ3n) is 3.32. The second-order valence-corrected chi connectivity index (χ2v) is 4.80. The number of methoxy groups -OCH3 is 1. The van der Waals surface area contributed by atoms with E-state index in [9.17, 15) is 5.26 Å². The van der Waals surface area contributed by atoms with Crippen LogP contribution in [0.4, 0.5) is 0 Å². The molecule has 0 spiro atoms. The lowest BCUT2D eigenvalue weighted by molar-refractivity contribution is -0.0298. The van der Waals surface area contributed by atoms with Gasteiger partial charge in [0.05, 0.1) is 26.4 Å². The van der Waals surface area contributed by atoms with Crippen LogP contribution in [0, 0.1) is 11.3 Å². The van der Waals surface area contributed by atoms with E-state index in [0.29, 0.717) is 19.1 Å². The Morgan fingerprint density at radius 3 is 2.53 bits per heavy atom. The minimum Gasteiger partial charge on any atom is -0.496 e. The Morgan fingerprint density at radius 1 is 1.41 bits per heavy atom. The molecule has 1 aliphatic heterocycles. The highest BCUT2D eigenvalue weighted by molar-refractivity contribution is 5.45. The SMILES string of the molecule is COc1ccc(C2(C#N)COC2)cc1C(C)C. The van der Waals surface area contributed by atoms with Crippen molar-refractivity contribution in [3.8, 4) is 11.8 Å². The molecule has 3 heteroatoms. The van der Waals surface area contributed by atoms with Gasteiger partial charge in [0.1, 0.15) is 11.2 Å². The molecule has 0 bridgehead atoms. The third kappa shape index (κ3) is 1.89. The lowest BCUT2D eigenvalue weighted by Gasteiger charge is -2.36. The fourth-order valence-electron chi connectivity index (χ4n) is 2.09. The molecule has 0 N–H and O–H groups in total. The van der Waals surface area contributed by atoms with Crippen LogP contribution in [0.5, 0.6) is 5.75 Å². The van der Waals surface area contributed by atoms with Crippen molar-refractivity contribution in [3.63, 3.8) is 0 Å². The van der Waals surface area contributed by atoms with Gasteiger partial charge in [-0.1, -0.05) is 26.0 Å². The average molecular weight is 231 g/mol. The van der Waals surface area contributed by atoms with Crippen molar-refractivity contribution in [1.29, 1.82) is 5.26 Å². The maximum atomic E-state index is 9.28. The summed E-state index contributed by atoms with van der Waals surface area (Å²) in [5, 5.41) is 9.28. The van der Waals surface area contributed by atoms with Crippen molar-refractivity contribution >= 4 is 0 Å². The Balaban J connectivity index is 2.44. The molecule has 0 unspecified atom stereocenters. The zero-order valence-electron chi connectivity index (χ0n) is 10.5. The zero-order chi connectivity index (χ0) is 12.5. The van der Waals surface area contributed by atoms with Gasteiger partial charge in [-0.05, 0) is 23.1 Å². The van der Waals surface area contributed by atoms with Crippen LogP contribution < -0.4 is 4.74 Å². The van der Waals surface area contributed by atoms with E-state index in [1.165, 1.54) is 0 Å². The molecule has 1 aromatic carbocycles. The summed E-state index contributed by atoms with van der Waals surface area (Å²) < 4.78 is 10.5. The molecular weight excluding hydrogens is 214 g/mol. The number of nitrogens with zero attached hydrogens (tertiary/aromatic N) is 1. The maximum Gasteiger partial charge on any atom is 0.129 e. The van der Waals surface area contributed by atoms with Crippen LogP contribution in [0.2, 0.25) is 0 Å². The Bertz CT molecular complexity index is 456. The van der Waals surface area contributed by atoms with Crippen LogP contribution in [0.1, 0.15) is 30.9 Å². The molecular formula is C14H17NO2. The quantitative estimate of drug-likeness (QED) is 0.803. The second-order valence-electron chi connectivity index (χ2n) is 4.80. The highest BCUT2D eigenvalue weighted by atomic mass is 16.5. The molecule has 1 aromatic rings. The standard InChI is InChI=1S/C14H17NO2/c1-10(2)12-6-11(4-5-13(12)16-3)14(7-15)8-17-9-14/h4-6,10H,8-9H2,1-3H3. The lowest BCUT2D eigenvalue weighted by atomic mass is 9.79. The van der Waals surface area contributed by atoms with Crippen LogP contribution in [0.25, 0.3) is 0 Å². The molecule has 90 valence electrons. The normalized spacial score (nSPS) is 17.4. The first-order chi connectivity index (χ1) is 8.13. The predicted molar refractivity (Wildman–Crippen MR) is 65.2 cm³/mol. The highest BCUT2D eigenvalue weighted by Crippen LogP contribution is 2.36. The number of hydrogen-bond acceptors (Lipinski definition) is 3. The molecule has 0 amide bonds. The van der Waals surface area contributed by atoms with Gasteiger partial charge in [0, 0.05) is 0 Å². The molecule has 0 radical (unpaired) electrons. The van der Waals surface area contributed by atoms with E-state index >= 15 is 0 Å². The Kier molecular flexibility index (Phi) is 3.08. The van der Waals surface area contributed by atoms with E-state index < -0.39 is 5.41 Å². The monoisotopic (exact) mass is 231 g/mol. The van der Waals surface area contributed by atoms with Gasteiger partial charge in [-0.15, -0.1) is 0 Å². The molecule has 1 aliphatic rings.